The molecule has 0 aliphatic heterocycles. The van der Waals surface area contributed by atoms with E-state index in [2.05, 4.69) is 20.9 Å². The summed E-state index contributed by atoms with van der Waals surface area (Å²) in [5.41, 5.74) is 5.33. The van der Waals surface area contributed by atoms with Crippen molar-refractivity contribution in [3.8, 4) is 5.75 Å². The number of hydrogen-bond acceptors (Lipinski definition) is 3. The number of ether oxygens (including phenoxy) is 1. The zero-order valence-electron chi connectivity index (χ0n) is 7.43. The van der Waals surface area contributed by atoms with Crippen LogP contribution >= 0.6 is 15.9 Å². The highest BCUT2D eigenvalue weighted by Gasteiger charge is 2.18. The maximum Gasteiger partial charge on any atom is 0.280 e. The van der Waals surface area contributed by atoms with Crippen LogP contribution in [-0.2, 0) is 6.54 Å². The highest BCUT2D eigenvalue weighted by molar-refractivity contribution is 9.10. The highest BCUT2D eigenvalue weighted by atomic mass is 79.9. The number of aromatic nitrogens is 1. The number of nitrogens with two attached hydrogens (primary N) is 1. The monoisotopic (exact) mass is 266 g/mol. The molecule has 0 radical (unpaired) electrons. The van der Waals surface area contributed by atoms with Gasteiger partial charge in [0.25, 0.3) is 6.43 Å². The largest absolute Gasteiger partial charge is 0.494 e. The van der Waals surface area contributed by atoms with Gasteiger partial charge in [0.15, 0.2) is 5.75 Å². The molecule has 0 unspecified atom stereocenters. The number of nitrogens with zero attached hydrogens (tertiary/aromatic N) is 1. The standard InChI is InChI=1S/C8H9BrF2N2O/c1-14-5-3-13-7(8(10)11)4(2-12)6(5)9/h3,8H,2,12H2,1H3. The average molecular weight is 267 g/mol. The van der Waals surface area contributed by atoms with Gasteiger partial charge in [-0.05, 0) is 15.9 Å². The fourth-order valence-electron chi connectivity index (χ4n) is 1.05. The Morgan fingerprint density at radius 1 is 1.64 bits per heavy atom. The lowest BCUT2D eigenvalue weighted by molar-refractivity contribution is 0.144. The normalized spacial score (nSPS) is 10.7. The molecule has 1 rings (SSSR count). The Bertz CT molecular complexity index is 333. The summed E-state index contributed by atoms with van der Waals surface area (Å²) in [5.74, 6) is 0.398. The van der Waals surface area contributed by atoms with Crippen LogP contribution in [0.15, 0.2) is 10.7 Å². The Morgan fingerprint density at radius 2 is 2.29 bits per heavy atom. The quantitative estimate of drug-likeness (QED) is 0.913. The minimum absolute atomic E-state index is 0.00947. The van der Waals surface area contributed by atoms with Crippen LogP contribution in [0.4, 0.5) is 8.78 Å². The van der Waals surface area contributed by atoms with E-state index in [4.69, 9.17) is 10.5 Å². The molecule has 0 aromatic carbocycles. The Morgan fingerprint density at radius 3 is 2.71 bits per heavy atom. The van der Waals surface area contributed by atoms with Gasteiger partial charge in [0.05, 0.1) is 17.8 Å². The number of alkyl halides is 2. The lowest BCUT2D eigenvalue weighted by Gasteiger charge is -2.11. The van der Waals surface area contributed by atoms with Crippen molar-refractivity contribution in [2.24, 2.45) is 5.73 Å². The summed E-state index contributed by atoms with van der Waals surface area (Å²) in [7, 11) is 1.43. The molecule has 0 saturated heterocycles. The van der Waals surface area contributed by atoms with Gasteiger partial charge in [-0.25, -0.2) is 8.78 Å². The van der Waals surface area contributed by atoms with Crippen LogP contribution in [0.2, 0.25) is 0 Å². The molecule has 0 amide bonds. The van der Waals surface area contributed by atoms with Crippen LogP contribution in [-0.4, -0.2) is 12.1 Å². The fourth-order valence-corrected chi connectivity index (χ4v) is 1.68. The molecule has 0 bridgehead atoms. The first-order valence-corrected chi connectivity index (χ1v) is 4.60. The molecule has 6 heteroatoms. The Hall–Kier alpha value is -0.750. The molecule has 14 heavy (non-hydrogen) atoms. The van der Waals surface area contributed by atoms with Gasteiger partial charge in [-0.2, -0.15) is 0 Å². The average Bonchev–Trinajstić information content (AvgIpc) is 2.17. The van der Waals surface area contributed by atoms with Crippen LogP contribution in [0, 0.1) is 0 Å². The molecule has 3 nitrogen and oxygen atoms in total. The van der Waals surface area contributed by atoms with Gasteiger partial charge in [0.2, 0.25) is 0 Å². The summed E-state index contributed by atoms with van der Waals surface area (Å²) < 4.78 is 30.3. The van der Waals surface area contributed by atoms with Crippen LogP contribution < -0.4 is 10.5 Å². The van der Waals surface area contributed by atoms with Crippen LogP contribution in [0.5, 0.6) is 5.75 Å². The molecule has 1 heterocycles. The van der Waals surface area contributed by atoms with Crippen LogP contribution in [0.3, 0.4) is 0 Å². The van der Waals surface area contributed by atoms with Crippen molar-refractivity contribution in [2.45, 2.75) is 13.0 Å². The number of methoxy groups -OCH3 is 1. The Labute approximate surface area is 88.4 Å². The molecule has 0 atom stereocenters. The molecule has 0 fully saturated rings. The van der Waals surface area contributed by atoms with Gasteiger partial charge in [-0.3, -0.25) is 4.98 Å². The van der Waals surface area contributed by atoms with Gasteiger partial charge < -0.3 is 10.5 Å². The lowest BCUT2D eigenvalue weighted by Crippen LogP contribution is -2.06. The lowest BCUT2D eigenvalue weighted by atomic mass is 10.2. The first-order valence-electron chi connectivity index (χ1n) is 3.81. The van der Waals surface area contributed by atoms with E-state index in [9.17, 15) is 8.78 Å². The summed E-state index contributed by atoms with van der Waals surface area (Å²) in [4.78, 5) is 3.60. The van der Waals surface area contributed by atoms with Crippen molar-refractivity contribution < 1.29 is 13.5 Å². The Balaban J connectivity index is 3.28. The minimum Gasteiger partial charge on any atom is -0.494 e. The van der Waals surface area contributed by atoms with Crippen molar-refractivity contribution >= 4 is 15.9 Å². The molecule has 1 aromatic rings. The van der Waals surface area contributed by atoms with Gasteiger partial charge >= 0.3 is 0 Å². The molecule has 0 aliphatic rings. The second-order valence-corrected chi connectivity index (χ2v) is 3.30. The molecule has 0 saturated carbocycles. The predicted octanol–water partition coefficient (Wildman–Crippen LogP) is 2.25. The van der Waals surface area contributed by atoms with Crippen molar-refractivity contribution in [1.82, 2.24) is 4.98 Å². The van der Waals surface area contributed by atoms with E-state index in [0.29, 0.717) is 10.2 Å². The molecular weight excluding hydrogens is 258 g/mol. The van der Waals surface area contributed by atoms with Gasteiger partial charge in [-0.15, -0.1) is 0 Å². The van der Waals surface area contributed by atoms with E-state index >= 15 is 0 Å². The molecular formula is C8H9BrF2N2O. The summed E-state index contributed by atoms with van der Waals surface area (Å²) in [5, 5.41) is 0. The fraction of sp³-hybridized carbons (Fsp3) is 0.375. The summed E-state index contributed by atoms with van der Waals surface area (Å²) in [6.45, 7) is -0.00947. The zero-order chi connectivity index (χ0) is 10.7. The van der Waals surface area contributed by atoms with Crippen molar-refractivity contribution in [1.29, 1.82) is 0 Å². The number of halogens is 3. The smallest absolute Gasteiger partial charge is 0.280 e. The van der Waals surface area contributed by atoms with Crippen LogP contribution in [0.25, 0.3) is 0 Å². The number of hydrogen-bond donors (Lipinski definition) is 1. The third-order valence-corrected chi connectivity index (χ3v) is 2.61. The van der Waals surface area contributed by atoms with E-state index in [1.54, 1.807) is 0 Å². The van der Waals surface area contributed by atoms with Crippen molar-refractivity contribution in [3.05, 3.63) is 21.9 Å². The summed E-state index contributed by atoms with van der Waals surface area (Å²) in [6.07, 6.45) is -1.39. The van der Waals surface area contributed by atoms with E-state index in [1.165, 1.54) is 13.3 Å². The predicted molar refractivity (Wildman–Crippen MR) is 51.3 cm³/mol. The molecule has 0 aliphatic carbocycles. The van der Waals surface area contributed by atoms with Gasteiger partial charge in [-0.1, -0.05) is 0 Å². The van der Waals surface area contributed by atoms with Crippen molar-refractivity contribution in [3.63, 3.8) is 0 Å². The van der Waals surface area contributed by atoms with Gasteiger partial charge in [0, 0.05) is 12.1 Å². The maximum atomic E-state index is 12.5. The van der Waals surface area contributed by atoms with Gasteiger partial charge in [0.1, 0.15) is 5.69 Å². The van der Waals surface area contributed by atoms with Crippen LogP contribution in [0.1, 0.15) is 17.7 Å². The first kappa shape index (κ1) is 11.3. The molecule has 1 aromatic heterocycles. The highest BCUT2D eigenvalue weighted by Crippen LogP contribution is 2.32. The summed E-state index contributed by atoms with van der Waals surface area (Å²) >= 11 is 3.14. The SMILES string of the molecule is COc1cnc(C(F)F)c(CN)c1Br. The second-order valence-electron chi connectivity index (χ2n) is 2.51. The maximum absolute atomic E-state index is 12.5. The first-order chi connectivity index (χ1) is 6.61. The third kappa shape index (κ3) is 2.01. The second kappa shape index (κ2) is 4.65. The summed E-state index contributed by atoms with van der Waals surface area (Å²) in [6, 6.07) is 0. The van der Waals surface area contributed by atoms with E-state index in [-0.39, 0.29) is 17.8 Å². The number of pyridine rings is 1. The molecule has 2 N–H and O–H groups in total. The van der Waals surface area contributed by atoms with Crippen molar-refractivity contribution in [2.75, 3.05) is 7.11 Å². The zero-order valence-corrected chi connectivity index (χ0v) is 9.01. The van der Waals surface area contributed by atoms with E-state index in [1.807, 2.05) is 0 Å². The molecule has 78 valence electrons. The third-order valence-electron chi connectivity index (χ3n) is 1.74. The Kier molecular flexibility index (Phi) is 3.77. The minimum atomic E-state index is -2.63. The van der Waals surface area contributed by atoms with E-state index < -0.39 is 6.43 Å². The number of rotatable bonds is 3. The topological polar surface area (TPSA) is 48.1 Å². The van der Waals surface area contributed by atoms with E-state index in [0.717, 1.165) is 0 Å². The molecule has 0 spiro atoms.